The fourth-order valence-corrected chi connectivity index (χ4v) is 3.06. The Labute approximate surface area is 104 Å². The van der Waals surface area contributed by atoms with E-state index in [1.807, 2.05) is 6.92 Å². The van der Waals surface area contributed by atoms with Crippen molar-refractivity contribution in [3.63, 3.8) is 0 Å². The second-order valence-electron chi connectivity index (χ2n) is 2.94. The van der Waals surface area contributed by atoms with Gasteiger partial charge in [0.25, 0.3) is 0 Å². The standard InChI is InChI=1S/C8H18N4O2S2/c1-6(15-4-2-7(13)11-9)16-5-3-8(14)12-10/h6H,2-5,9-10H2,1H3,(H,11,13)(H,12,14). The molecule has 94 valence electrons. The topological polar surface area (TPSA) is 110 Å². The van der Waals surface area contributed by atoms with Gasteiger partial charge in [-0.1, -0.05) is 0 Å². The number of nitrogens with two attached hydrogens (primary N) is 2. The molecule has 16 heavy (non-hydrogen) atoms. The van der Waals surface area contributed by atoms with Crippen LogP contribution in [0.15, 0.2) is 0 Å². The minimum atomic E-state index is -0.160. The summed E-state index contributed by atoms with van der Waals surface area (Å²) in [5.41, 5.74) is 4.16. The van der Waals surface area contributed by atoms with Crippen molar-refractivity contribution in [2.24, 2.45) is 11.7 Å². The predicted octanol–water partition coefficient (Wildman–Crippen LogP) is -0.441. The van der Waals surface area contributed by atoms with Crippen LogP contribution in [0.3, 0.4) is 0 Å². The maximum Gasteiger partial charge on any atom is 0.234 e. The third-order valence-corrected chi connectivity index (χ3v) is 4.32. The summed E-state index contributed by atoms with van der Waals surface area (Å²) in [4.78, 5) is 21.6. The molecule has 6 N–H and O–H groups in total. The van der Waals surface area contributed by atoms with Crippen LogP contribution in [0.4, 0.5) is 0 Å². The molecule has 0 spiro atoms. The van der Waals surface area contributed by atoms with Gasteiger partial charge in [0.15, 0.2) is 0 Å². The molecule has 0 aliphatic rings. The van der Waals surface area contributed by atoms with Gasteiger partial charge in [-0.2, -0.15) is 0 Å². The van der Waals surface area contributed by atoms with Crippen molar-refractivity contribution < 1.29 is 9.59 Å². The summed E-state index contributed by atoms with van der Waals surface area (Å²) < 4.78 is 0.344. The van der Waals surface area contributed by atoms with Gasteiger partial charge in [0.2, 0.25) is 11.8 Å². The molecule has 0 saturated carbocycles. The molecule has 0 fully saturated rings. The highest BCUT2D eigenvalue weighted by molar-refractivity contribution is 8.16. The fraction of sp³-hybridized carbons (Fsp3) is 0.750. The zero-order chi connectivity index (χ0) is 12.4. The lowest BCUT2D eigenvalue weighted by atomic mass is 10.5. The molecular formula is C8H18N4O2S2. The Morgan fingerprint density at radius 1 is 1.06 bits per heavy atom. The predicted molar refractivity (Wildman–Crippen MR) is 68.3 cm³/mol. The highest BCUT2D eigenvalue weighted by Crippen LogP contribution is 2.23. The van der Waals surface area contributed by atoms with E-state index in [1.165, 1.54) is 0 Å². The summed E-state index contributed by atoms with van der Waals surface area (Å²) in [6, 6.07) is 0. The third-order valence-electron chi connectivity index (χ3n) is 1.69. The molecule has 8 heteroatoms. The lowest BCUT2D eigenvalue weighted by Gasteiger charge is -2.09. The SMILES string of the molecule is CC(SCCC(=O)NN)SCCC(=O)NN. The third kappa shape index (κ3) is 8.84. The Bertz CT molecular complexity index is 206. The van der Waals surface area contributed by atoms with E-state index >= 15 is 0 Å². The lowest BCUT2D eigenvalue weighted by Crippen LogP contribution is -2.30. The molecule has 0 aromatic carbocycles. The van der Waals surface area contributed by atoms with Gasteiger partial charge in [-0.15, -0.1) is 23.5 Å². The monoisotopic (exact) mass is 266 g/mol. The molecule has 2 amide bonds. The molecule has 0 radical (unpaired) electrons. The first kappa shape index (κ1) is 15.6. The van der Waals surface area contributed by atoms with Crippen molar-refractivity contribution in [3.8, 4) is 0 Å². The first-order valence-electron chi connectivity index (χ1n) is 4.82. The molecule has 0 rings (SSSR count). The van der Waals surface area contributed by atoms with Crippen molar-refractivity contribution in [2.75, 3.05) is 11.5 Å². The maximum atomic E-state index is 10.8. The molecule has 0 unspecified atom stereocenters. The second kappa shape index (κ2) is 9.76. The van der Waals surface area contributed by atoms with E-state index in [4.69, 9.17) is 11.7 Å². The second-order valence-corrected chi connectivity index (χ2v) is 6.14. The molecule has 6 nitrogen and oxygen atoms in total. The Hall–Kier alpha value is -0.440. The van der Waals surface area contributed by atoms with Crippen LogP contribution < -0.4 is 22.5 Å². The molecule has 0 atom stereocenters. The first-order chi connectivity index (χ1) is 7.60. The van der Waals surface area contributed by atoms with E-state index < -0.39 is 0 Å². The van der Waals surface area contributed by atoms with E-state index in [2.05, 4.69) is 10.9 Å². The number of carbonyl (C=O) groups is 2. The van der Waals surface area contributed by atoms with Gasteiger partial charge in [0, 0.05) is 28.9 Å². The Balaban J connectivity index is 3.41. The fourth-order valence-electron chi connectivity index (χ4n) is 0.828. The highest BCUT2D eigenvalue weighted by Gasteiger charge is 2.06. The molecule has 0 saturated heterocycles. The zero-order valence-corrected chi connectivity index (χ0v) is 10.8. The largest absolute Gasteiger partial charge is 0.294 e. The molecular weight excluding hydrogens is 248 g/mol. The molecule has 0 bridgehead atoms. The van der Waals surface area contributed by atoms with Gasteiger partial charge >= 0.3 is 0 Å². The van der Waals surface area contributed by atoms with E-state index in [-0.39, 0.29) is 11.8 Å². The Kier molecular flexibility index (Phi) is 9.49. The maximum absolute atomic E-state index is 10.8. The van der Waals surface area contributed by atoms with Crippen LogP contribution in [0.1, 0.15) is 19.8 Å². The van der Waals surface area contributed by atoms with Gasteiger partial charge in [0.1, 0.15) is 0 Å². The van der Waals surface area contributed by atoms with E-state index in [1.54, 1.807) is 23.5 Å². The lowest BCUT2D eigenvalue weighted by molar-refractivity contribution is -0.121. The number of rotatable bonds is 8. The number of nitrogens with one attached hydrogen (secondary N) is 2. The average Bonchev–Trinajstić information content (AvgIpc) is 2.28. The molecule has 0 aliphatic carbocycles. The van der Waals surface area contributed by atoms with Crippen LogP contribution in [0.25, 0.3) is 0 Å². The minimum absolute atomic E-state index is 0.160. The van der Waals surface area contributed by atoms with Gasteiger partial charge in [0.05, 0.1) is 0 Å². The van der Waals surface area contributed by atoms with Crippen LogP contribution >= 0.6 is 23.5 Å². The van der Waals surface area contributed by atoms with Crippen LogP contribution in [0.2, 0.25) is 0 Å². The van der Waals surface area contributed by atoms with Crippen molar-refractivity contribution in [1.82, 2.24) is 10.9 Å². The summed E-state index contributed by atoms with van der Waals surface area (Å²) in [5.74, 6) is 11.0. The molecule has 0 aromatic rings. The van der Waals surface area contributed by atoms with E-state index in [0.717, 1.165) is 11.5 Å². The van der Waals surface area contributed by atoms with Crippen molar-refractivity contribution in [2.45, 2.75) is 24.3 Å². The van der Waals surface area contributed by atoms with Crippen molar-refractivity contribution in [1.29, 1.82) is 0 Å². The normalized spacial score (nSPS) is 10.2. The van der Waals surface area contributed by atoms with Crippen LogP contribution in [0.5, 0.6) is 0 Å². The molecule has 0 heterocycles. The number of carbonyl (C=O) groups excluding carboxylic acids is 2. The molecule has 0 aromatic heterocycles. The van der Waals surface area contributed by atoms with Crippen LogP contribution in [0, 0.1) is 0 Å². The average molecular weight is 266 g/mol. The van der Waals surface area contributed by atoms with Crippen molar-refractivity contribution in [3.05, 3.63) is 0 Å². The summed E-state index contributed by atoms with van der Waals surface area (Å²) in [7, 11) is 0. The van der Waals surface area contributed by atoms with Gasteiger partial charge in [-0.3, -0.25) is 20.4 Å². The number of hydrazine groups is 2. The summed E-state index contributed by atoms with van der Waals surface area (Å²) in [5, 5.41) is 0. The highest BCUT2D eigenvalue weighted by atomic mass is 32.2. The quantitative estimate of drug-likeness (QED) is 0.205. The van der Waals surface area contributed by atoms with Crippen LogP contribution in [-0.4, -0.2) is 27.9 Å². The number of amides is 2. The zero-order valence-electron chi connectivity index (χ0n) is 9.19. The molecule has 0 aliphatic heterocycles. The van der Waals surface area contributed by atoms with E-state index in [0.29, 0.717) is 17.4 Å². The van der Waals surface area contributed by atoms with Crippen LogP contribution in [-0.2, 0) is 9.59 Å². The smallest absolute Gasteiger partial charge is 0.234 e. The van der Waals surface area contributed by atoms with E-state index in [9.17, 15) is 9.59 Å². The summed E-state index contributed by atoms with van der Waals surface area (Å²) in [6.07, 6.45) is 0.824. The Morgan fingerprint density at radius 2 is 1.44 bits per heavy atom. The number of hydrogen-bond donors (Lipinski definition) is 4. The van der Waals surface area contributed by atoms with Crippen molar-refractivity contribution >= 4 is 35.3 Å². The van der Waals surface area contributed by atoms with Gasteiger partial charge < -0.3 is 0 Å². The first-order valence-corrected chi connectivity index (χ1v) is 6.92. The number of thioether (sulfide) groups is 2. The Morgan fingerprint density at radius 3 is 1.75 bits per heavy atom. The van der Waals surface area contributed by atoms with Gasteiger partial charge in [-0.25, -0.2) is 11.7 Å². The van der Waals surface area contributed by atoms with Gasteiger partial charge in [-0.05, 0) is 6.92 Å². The number of hydrogen-bond acceptors (Lipinski definition) is 6. The summed E-state index contributed by atoms with van der Waals surface area (Å²) >= 11 is 3.33. The summed E-state index contributed by atoms with van der Waals surface area (Å²) in [6.45, 7) is 2.04. The minimum Gasteiger partial charge on any atom is -0.294 e.